The summed E-state index contributed by atoms with van der Waals surface area (Å²) in [6.45, 7) is 7.88. The number of hydrogen-bond acceptors (Lipinski definition) is 6. The Morgan fingerprint density at radius 3 is 2.73 bits per heavy atom. The highest BCUT2D eigenvalue weighted by Crippen LogP contribution is 2.33. The molecule has 1 atom stereocenters. The van der Waals surface area contributed by atoms with Crippen LogP contribution in [-0.4, -0.2) is 36.1 Å². The van der Waals surface area contributed by atoms with Crippen molar-refractivity contribution in [1.29, 1.82) is 0 Å². The van der Waals surface area contributed by atoms with Gasteiger partial charge >= 0.3 is 0 Å². The van der Waals surface area contributed by atoms with Crippen molar-refractivity contribution in [2.45, 2.75) is 40.2 Å². The maximum Gasteiger partial charge on any atom is 0.231 e. The maximum atomic E-state index is 12.9. The van der Waals surface area contributed by atoms with E-state index in [1.165, 1.54) is 0 Å². The number of hydrogen-bond donors (Lipinski definition) is 1. The van der Waals surface area contributed by atoms with Crippen LogP contribution in [-0.2, 0) is 11.3 Å². The van der Waals surface area contributed by atoms with Crippen LogP contribution in [0.2, 0.25) is 0 Å². The SMILES string of the molecule is COc1ccc(CNC(=O)C2CCCN(c3nc(C)nc4oc(C)c(C)c34)C2)cc1. The summed E-state index contributed by atoms with van der Waals surface area (Å²) >= 11 is 0. The molecule has 1 aromatic carbocycles. The molecule has 7 heteroatoms. The fourth-order valence-corrected chi connectivity index (χ4v) is 4.02. The third-order valence-corrected chi connectivity index (χ3v) is 5.84. The van der Waals surface area contributed by atoms with Crippen LogP contribution in [0.1, 0.15) is 35.6 Å². The van der Waals surface area contributed by atoms with Gasteiger partial charge in [0.25, 0.3) is 0 Å². The van der Waals surface area contributed by atoms with Crippen LogP contribution in [0, 0.1) is 26.7 Å². The van der Waals surface area contributed by atoms with E-state index in [1.54, 1.807) is 7.11 Å². The zero-order valence-electron chi connectivity index (χ0n) is 18.0. The van der Waals surface area contributed by atoms with E-state index in [0.29, 0.717) is 24.6 Å². The molecule has 1 saturated heterocycles. The summed E-state index contributed by atoms with van der Waals surface area (Å²) in [4.78, 5) is 24.2. The molecule has 30 heavy (non-hydrogen) atoms. The Kier molecular flexibility index (Phi) is 5.61. The Labute approximate surface area is 176 Å². The molecule has 0 aliphatic carbocycles. The monoisotopic (exact) mass is 408 g/mol. The third-order valence-electron chi connectivity index (χ3n) is 5.84. The number of amides is 1. The van der Waals surface area contributed by atoms with E-state index < -0.39 is 0 Å². The number of aryl methyl sites for hydroxylation is 3. The van der Waals surface area contributed by atoms with Gasteiger partial charge in [0.15, 0.2) is 0 Å². The molecule has 4 rings (SSSR count). The van der Waals surface area contributed by atoms with Crippen LogP contribution in [0.5, 0.6) is 5.75 Å². The van der Waals surface area contributed by atoms with Gasteiger partial charge in [-0.25, -0.2) is 4.98 Å². The first-order chi connectivity index (χ1) is 14.5. The van der Waals surface area contributed by atoms with Crippen molar-refractivity contribution in [3.63, 3.8) is 0 Å². The van der Waals surface area contributed by atoms with Gasteiger partial charge in [0.05, 0.1) is 18.4 Å². The summed E-state index contributed by atoms with van der Waals surface area (Å²) in [5.74, 6) is 3.23. The highest BCUT2D eigenvalue weighted by atomic mass is 16.5. The highest BCUT2D eigenvalue weighted by Gasteiger charge is 2.29. The topological polar surface area (TPSA) is 80.5 Å². The molecule has 2 aromatic heterocycles. The number of ether oxygens (including phenoxy) is 1. The van der Waals surface area contributed by atoms with E-state index in [4.69, 9.17) is 14.1 Å². The molecule has 1 fully saturated rings. The number of rotatable bonds is 5. The van der Waals surface area contributed by atoms with Gasteiger partial charge in [0, 0.05) is 25.2 Å². The summed E-state index contributed by atoms with van der Waals surface area (Å²) in [5.41, 5.74) is 2.74. The van der Waals surface area contributed by atoms with E-state index >= 15 is 0 Å². The van der Waals surface area contributed by atoms with Gasteiger partial charge in [0.2, 0.25) is 11.6 Å². The highest BCUT2D eigenvalue weighted by molar-refractivity contribution is 5.90. The molecule has 0 radical (unpaired) electrons. The first-order valence-corrected chi connectivity index (χ1v) is 10.4. The Bertz CT molecular complexity index is 1060. The number of benzene rings is 1. The van der Waals surface area contributed by atoms with Gasteiger partial charge in [-0.2, -0.15) is 4.98 Å². The predicted octanol–water partition coefficient (Wildman–Crippen LogP) is 3.69. The number of aromatic nitrogens is 2. The second-order valence-electron chi connectivity index (χ2n) is 7.91. The lowest BCUT2D eigenvalue weighted by Gasteiger charge is -2.33. The number of piperidine rings is 1. The van der Waals surface area contributed by atoms with Crippen molar-refractivity contribution in [1.82, 2.24) is 15.3 Å². The Morgan fingerprint density at radius 2 is 2.00 bits per heavy atom. The molecule has 3 aromatic rings. The number of nitrogens with zero attached hydrogens (tertiary/aromatic N) is 3. The fourth-order valence-electron chi connectivity index (χ4n) is 4.02. The molecular formula is C23H28N4O3. The molecule has 1 amide bonds. The smallest absolute Gasteiger partial charge is 0.231 e. The van der Waals surface area contributed by atoms with Crippen LogP contribution < -0.4 is 15.0 Å². The fraction of sp³-hybridized carbons (Fsp3) is 0.435. The van der Waals surface area contributed by atoms with Crippen molar-refractivity contribution in [2.24, 2.45) is 5.92 Å². The van der Waals surface area contributed by atoms with E-state index in [9.17, 15) is 4.79 Å². The molecular weight excluding hydrogens is 380 g/mol. The third kappa shape index (κ3) is 3.97. The molecule has 158 valence electrons. The summed E-state index contributed by atoms with van der Waals surface area (Å²) in [6, 6.07) is 7.75. The average Bonchev–Trinajstić information content (AvgIpc) is 3.05. The number of carbonyl (C=O) groups excluding carboxylic acids is 1. The van der Waals surface area contributed by atoms with Gasteiger partial charge in [-0.3, -0.25) is 4.79 Å². The van der Waals surface area contributed by atoms with Gasteiger partial charge in [-0.15, -0.1) is 0 Å². The van der Waals surface area contributed by atoms with E-state index in [0.717, 1.165) is 53.2 Å². The number of nitrogens with one attached hydrogen (secondary N) is 1. The molecule has 1 aliphatic heterocycles. The molecule has 0 saturated carbocycles. The van der Waals surface area contributed by atoms with Crippen molar-refractivity contribution >= 4 is 22.8 Å². The summed E-state index contributed by atoms with van der Waals surface area (Å²) in [6.07, 6.45) is 1.82. The van der Waals surface area contributed by atoms with Crippen molar-refractivity contribution in [2.75, 3.05) is 25.1 Å². The molecule has 0 spiro atoms. The molecule has 1 N–H and O–H groups in total. The summed E-state index contributed by atoms with van der Waals surface area (Å²) in [5, 5.41) is 4.04. The first kappa shape index (κ1) is 20.2. The standard InChI is InChI=1S/C23H28N4O3/c1-14-15(2)30-23-20(14)21(25-16(3)26-23)27-11-5-6-18(13-27)22(28)24-12-17-7-9-19(29-4)10-8-17/h7-10,18H,5-6,11-13H2,1-4H3,(H,24,28). The second-order valence-corrected chi connectivity index (χ2v) is 7.91. The van der Waals surface area contributed by atoms with E-state index in [2.05, 4.69) is 15.2 Å². The van der Waals surface area contributed by atoms with Gasteiger partial charge < -0.3 is 19.4 Å². The van der Waals surface area contributed by atoms with Crippen LogP contribution in [0.25, 0.3) is 11.1 Å². The Morgan fingerprint density at radius 1 is 1.23 bits per heavy atom. The lowest BCUT2D eigenvalue weighted by molar-refractivity contribution is -0.125. The molecule has 7 nitrogen and oxygen atoms in total. The molecule has 0 bridgehead atoms. The normalized spacial score (nSPS) is 16.7. The minimum Gasteiger partial charge on any atom is -0.497 e. The lowest BCUT2D eigenvalue weighted by atomic mass is 9.96. The number of carbonyl (C=O) groups is 1. The molecule has 1 unspecified atom stereocenters. The van der Waals surface area contributed by atoms with Crippen molar-refractivity contribution < 1.29 is 13.9 Å². The number of fused-ring (bicyclic) bond motifs is 1. The molecule has 3 heterocycles. The minimum atomic E-state index is -0.0735. The predicted molar refractivity (Wildman–Crippen MR) is 116 cm³/mol. The maximum absolute atomic E-state index is 12.9. The van der Waals surface area contributed by atoms with E-state index in [1.807, 2.05) is 45.0 Å². The van der Waals surface area contributed by atoms with Crippen molar-refractivity contribution in [3.8, 4) is 5.75 Å². The van der Waals surface area contributed by atoms with Gasteiger partial charge in [-0.1, -0.05) is 12.1 Å². The minimum absolute atomic E-state index is 0.0735. The number of methoxy groups -OCH3 is 1. The van der Waals surface area contributed by atoms with Gasteiger partial charge in [-0.05, 0) is 51.3 Å². The largest absolute Gasteiger partial charge is 0.497 e. The zero-order chi connectivity index (χ0) is 21.3. The number of anilines is 1. The zero-order valence-corrected chi connectivity index (χ0v) is 18.0. The summed E-state index contributed by atoms with van der Waals surface area (Å²) < 4.78 is 11.0. The number of furan rings is 1. The van der Waals surface area contributed by atoms with Crippen LogP contribution >= 0.6 is 0 Å². The first-order valence-electron chi connectivity index (χ1n) is 10.4. The van der Waals surface area contributed by atoms with E-state index in [-0.39, 0.29) is 11.8 Å². The van der Waals surface area contributed by atoms with Gasteiger partial charge in [0.1, 0.15) is 23.2 Å². The quantitative estimate of drug-likeness (QED) is 0.694. The van der Waals surface area contributed by atoms with Crippen molar-refractivity contribution in [3.05, 3.63) is 47.0 Å². The Hall–Kier alpha value is -3.09. The molecule has 1 aliphatic rings. The van der Waals surface area contributed by atoms with Crippen LogP contribution in [0.4, 0.5) is 5.82 Å². The van der Waals surface area contributed by atoms with Crippen LogP contribution in [0.15, 0.2) is 28.7 Å². The summed E-state index contributed by atoms with van der Waals surface area (Å²) in [7, 11) is 1.64. The average molecular weight is 409 g/mol. The second kappa shape index (κ2) is 8.34. The van der Waals surface area contributed by atoms with Crippen LogP contribution in [0.3, 0.4) is 0 Å². The Balaban J connectivity index is 1.48. The lowest BCUT2D eigenvalue weighted by Crippen LogP contribution is -2.43.